The third kappa shape index (κ3) is 1.68. The Hall–Kier alpha value is -1.85. The summed E-state index contributed by atoms with van der Waals surface area (Å²) in [6.45, 7) is 4.84. The molecule has 0 saturated heterocycles. The van der Waals surface area contributed by atoms with Crippen molar-refractivity contribution >= 4 is 11.6 Å². The lowest BCUT2D eigenvalue weighted by atomic mass is 9.97. The summed E-state index contributed by atoms with van der Waals surface area (Å²) in [5, 5.41) is 7.79. The van der Waals surface area contributed by atoms with Crippen LogP contribution in [0.2, 0.25) is 0 Å². The number of oxime groups is 1. The Balaban J connectivity index is 1.75. The molecule has 0 radical (unpaired) electrons. The summed E-state index contributed by atoms with van der Waals surface area (Å²) in [5.41, 5.74) is 1.94. The zero-order valence-electron chi connectivity index (χ0n) is 10.5. The van der Waals surface area contributed by atoms with Gasteiger partial charge in [-0.1, -0.05) is 10.3 Å². The molecule has 1 atom stereocenters. The Bertz CT molecular complexity index is 522. The smallest absolute Gasteiger partial charge is 0.270 e. The highest BCUT2D eigenvalue weighted by Crippen LogP contribution is 2.28. The first-order chi connectivity index (χ1) is 8.58. The van der Waals surface area contributed by atoms with Crippen molar-refractivity contribution in [2.45, 2.75) is 38.8 Å². The van der Waals surface area contributed by atoms with Crippen LogP contribution in [0.25, 0.3) is 0 Å². The summed E-state index contributed by atoms with van der Waals surface area (Å²) in [4.78, 5) is 19.6. The molecule has 3 heterocycles. The normalized spacial score (nSPS) is 26.6. The molecule has 0 fully saturated rings. The molecule has 1 amide bonds. The lowest BCUT2D eigenvalue weighted by molar-refractivity contribution is -0.154. The average molecular weight is 249 g/mol. The van der Waals surface area contributed by atoms with Gasteiger partial charge >= 0.3 is 0 Å². The maximum absolute atomic E-state index is 12.5. The van der Waals surface area contributed by atoms with E-state index in [9.17, 15) is 4.79 Å². The van der Waals surface area contributed by atoms with Crippen molar-refractivity contribution in [1.29, 1.82) is 0 Å². The Morgan fingerprint density at radius 1 is 1.56 bits per heavy atom. The molecule has 2 aliphatic heterocycles. The van der Waals surface area contributed by atoms with Crippen LogP contribution in [0.1, 0.15) is 31.5 Å². The van der Waals surface area contributed by atoms with Crippen LogP contribution in [0, 0.1) is 0 Å². The summed E-state index contributed by atoms with van der Waals surface area (Å²) in [6.07, 6.45) is 2.89. The fourth-order valence-corrected chi connectivity index (χ4v) is 2.49. The molecule has 96 valence electrons. The monoisotopic (exact) mass is 249 g/mol. The van der Waals surface area contributed by atoms with Gasteiger partial charge < -0.3 is 14.3 Å². The molecule has 1 aromatic rings. The van der Waals surface area contributed by atoms with Gasteiger partial charge in [0.2, 0.25) is 5.60 Å². The van der Waals surface area contributed by atoms with E-state index < -0.39 is 5.60 Å². The summed E-state index contributed by atoms with van der Waals surface area (Å²) in [5.74, 6) is -0.0186. The third-order valence-electron chi connectivity index (χ3n) is 3.44. The number of nitrogens with zero attached hydrogens (tertiary/aromatic N) is 3. The molecule has 6 heteroatoms. The molecule has 0 aliphatic carbocycles. The van der Waals surface area contributed by atoms with Gasteiger partial charge in [0.05, 0.1) is 18.0 Å². The van der Waals surface area contributed by atoms with E-state index in [0.29, 0.717) is 19.5 Å². The summed E-state index contributed by atoms with van der Waals surface area (Å²) < 4.78 is 4.92. The van der Waals surface area contributed by atoms with E-state index >= 15 is 0 Å². The van der Waals surface area contributed by atoms with E-state index in [2.05, 4.69) is 10.3 Å². The highest BCUT2D eigenvalue weighted by Gasteiger charge is 2.44. The molecule has 0 aromatic carbocycles. The lowest BCUT2D eigenvalue weighted by Crippen LogP contribution is -2.48. The minimum absolute atomic E-state index is 0.0186. The second-order valence-electron chi connectivity index (χ2n) is 5.09. The number of carbonyl (C=O) groups excluding carboxylic acids is 1. The molecular formula is C12H15N3O3. The topological polar surface area (TPSA) is 67.9 Å². The van der Waals surface area contributed by atoms with Gasteiger partial charge in [-0.05, 0) is 13.8 Å². The lowest BCUT2D eigenvalue weighted by Gasteiger charge is -2.31. The van der Waals surface area contributed by atoms with Crippen LogP contribution in [0.3, 0.4) is 0 Å². The van der Waals surface area contributed by atoms with Crippen molar-refractivity contribution in [3.8, 4) is 0 Å². The second-order valence-corrected chi connectivity index (χ2v) is 5.09. The first-order valence-electron chi connectivity index (χ1n) is 6.02. The SMILES string of the molecule is CC1=NO[C@](C)(C(=O)N2CCc3nocc3C2)C1. The Morgan fingerprint density at radius 3 is 3.11 bits per heavy atom. The summed E-state index contributed by atoms with van der Waals surface area (Å²) >= 11 is 0. The minimum atomic E-state index is -0.848. The van der Waals surface area contributed by atoms with E-state index in [1.807, 2.05) is 6.92 Å². The summed E-state index contributed by atoms with van der Waals surface area (Å²) in [7, 11) is 0. The number of rotatable bonds is 1. The van der Waals surface area contributed by atoms with Gasteiger partial charge in [-0.3, -0.25) is 4.79 Å². The number of amides is 1. The molecule has 0 N–H and O–H groups in total. The second kappa shape index (κ2) is 3.83. The van der Waals surface area contributed by atoms with Crippen molar-refractivity contribution in [2.75, 3.05) is 6.54 Å². The molecule has 0 spiro atoms. The molecule has 6 nitrogen and oxygen atoms in total. The van der Waals surface area contributed by atoms with Gasteiger partial charge in [-0.25, -0.2) is 0 Å². The molecule has 3 rings (SSSR count). The molecule has 0 unspecified atom stereocenters. The Morgan fingerprint density at radius 2 is 2.39 bits per heavy atom. The van der Waals surface area contributed by atoms with Gasteiger partial charge in [-0.2, -0.15) is 0 Å². The van der Waals surface area contributed by atoms with Crippen LogP contribution in [0.5, 0.6) is 0 Å². The van der Waals surface area contributed by atoms with Crippen LogP contribution in [0.15, 0.2) is 15.9 Å². The van der Waals surface area contributed by atoms with E-state index in [1.165, 1.54) is 0 Å². The highest BCUT2D eigenvalue weighted by atomic mass is 16.7. The number of hydrogen-bond acceptors (Lipinski definition) is 5. The largest absolute Gasteiger partial charge is 0.379 e. The van der Waals surface area contributed by atoms with Crippen molar-refractivity contribution in [1.82, 2.24) is 10.1 Å². The van der Waals surface area contributed by atoms with Crippen LogP contribution in [-0.4, -0.2) is 33.8 Å². The zero-order chi connectivity index (χ0) is 12.8. The van der Waals surface area contributed by atoms with Crippen molar-refractivity contribution < 1.29 is 14.2 Å². The predicted octanol–water partition coefficient (Wildman–Crippen LogP) is 1.11. The molecule has 18 heavy (non-hydrogen) atoms. The predicted molar refractivity (Wildman–Crippen MR) is 62.8 cm³/mol. The minimum Gasteiger partial charge on any atom is -0.379 e. The van der Waals surface area contributed by atoms with Gasteiger partial charge in [-0.15, -0.1) is 0 Å². The highest BCUT2D eigenvalue weighted by molar-refractivity contribution is 5.94. The van der Waals surface area contributed by atoms with E-state index in [1.54, 1.807) is 18.1 Å². The average Bonchev–Trinajstić information content (AvgIpc) is 2.94. The van der Waals surface area contributed by atoms with E-state index in [4.69, 9.17) is 9.36 Å². The molecule has 0 bridgehead atoms. The maximum atomic E-state index is 12.5. The van der Waals surface area contributed by atoms with E-state index in [-0.39, 0.29) is 5.91 Å². The maximum Gasteiger partial charge on any atom is 0.270 e. The van der Waals surface area contributed by atoms with Gasteiger partial charge in [0, 0.05) is 24.9 Å². The summed E-state index contributed by atoms with van der Waals surface area (Å²) in [6, 6.07) is 0. The molecule has 0 saturated carbocycles. The van der Waals surface area contributed by atoms with Crippen LogP contribution in [0.4, 0.5) is 0 Å². The van der Waals surface area contributed by atoms with Gasteiger partial charge in [0.1, 0.15) is 6.26 Å². The third-order valence-corrected chi connectivity index (χ3v) is 3.44. The van der Waals surface area contributed by atoms with Crippen LogP contribution < -0.4 is 0 Å². The van der Waals surface area contributed by atoms with Gasteiger partial charge in [0.25, 0.3) is 5.91 Å². The Labute approximate surface area is 105 Å². The van der Waals surface area contributed by atoms with Crippen LogP contribution in [-0.2, 0) is 22.6 Å². The quantitative estimate of drug-likeness (QED) is 0.747. The van der Waals surface area contributed by atoms with Crippen molar-refractivity contribution in [3.05, 3.63) is 17.5 Å². The van der Waals surface area contributed by atoms with E-state index in [0.717, 1.165) is 23.4 Å². The zero-order valence-corrected chi connectivity index (χ0v) is 10.5. The van der Waals surface area contributed by atoms with Crippen molar-refractivity contribution in [3.63, 3.8) is 0 Å². The first-order valence-corrected chi connectivity index (χ1v) is 6.02. The van der Waals surface area contributed by atoms with Gasteiger partial charge in [0.15, 0.2) is 0 Å². The first kappa shape index (κ1) is 11.3. The standard InChI is InChI=1S/C12H15N3O3/c1-8-5-12(2,18-13-8)11(16)15-4-3-10-9(6-15)7-17-14-10/h7H,3-6H2,1-2H3/t12-/m0/s1. The Kier molecular flexibility index (Phi) is 2.39. The fourth-order valence-electron chi connectivity index (χ4n) is 2.49. The van der Waals surface area contributed by atoms with Crippen molar-refractivity contribution in [2.24, 2.45) is 5.16 Å². The molecule has 1 aromatic heterocycles. The number of aromatic nitrogens is 1. The number of hydrogen-bond donors (Lipinski definition) is 0. The van der Waals surface area contributed by atoms with Crippen LogP contribution >= 0.6 is 0 Å². The fraction of sp³-hybridized carbons (Fsp3) is 0.583. The number of carbonyl (C=O) groups is 1. The molecule has 2 aliphatic rings. The molecular weight excluding hydrogens is 234 g/mol. The number of fused-ring (bicyclic) bond motifs is 1.